The summed E-state index contributed by atoms with van der Waals surface area (Å²) in [6.07, 6.45) is 8.53. The minimum Gasteiger partial charge on any atom is -0.487 e. The first-order valence-corrected chi connectivity index (χ1v) is 10.2. The molecule has 0 atom stereocenters. The van der Waals surface area contributed by atoms with Gasteiger partial charge in [0.2, 0.25) is 5.95 Å². The summed E-state index contributed by atoms with van der Waals surface area (Å²) < 4.78 is 7.64. The van der Waals surface area contributed by atoms with Crippen LogP contribution in [-0.4, -0.2) is 24.7 Å². The van der Waals surface area contributed by atoms with Crippen molar-refractivity contribution < 1.29 is 4.74 Å². The molecule has 5 rings (SSSR count). The molecule has 1 aliphatic rings. The number of ether oxygens (including phenoxy) is 1. The maximum atomic E-state index is 5.97. The van der Waals surface area contributed by atoms with Crippen LogP contribution in [0.25, 0.3) is 5.95 Å². The Bertz CT molecular complexity index is 1120. The van der Waals surface area contributed by atoms with Gasteiger partial charge in [0, 0.05) is 11.6 Å². The van der Waals surface area contributed by atoms with Crippen molar-refractivity contribution in [2.75, 3.05) is 0 Å². The summed E-state index contributed by atoms with van der Waals surface area (Å²) in [7, 11) is 0. The summed E-state index contributed by atoms with van der Waals surface area (Å²) in [5.41, 5.74) is 5.02. The van der Waals surface area contributed by atoms with Gasteiger partial charge in [0.15, 0.2) is 0 Å². The first kappa shape index (κ1) is 18.5. The predicted molar refractivity (Wildman–Crippen MR) is 114 cm³/mol. The Labute approximate surface area is 175 Å². The van der Waals surface area contributed by atoms with E-state index in [2.05, 4.69) is 75.6 Å². The van der Waals surface area contributed by atoms with Crippen molar-refractivity contribution in [3.05, 3.63) is 95.8 Å². The highest BCUT2D eigenvalue weighted by atomic mass is 16.5. The van der Waals surface area contributed by atoms with Gasteiger partial charge in [0.05, 0.1) is 5.69 Å². The van der Waals surface area contributed by atoms with Gasteiger partial charge in [-0.1, -0.05) is 48.4 Å². The minimum absolute atomic E-state index is 0.145. The van der Waals surface area contributed by atoms with E-state index in [0.29, 0.717) is 12.6 Å². The third-order valence-electron chi connectivity index (χ3n) is 5.96. The summed E-state index contributed by atoms with van der Waals surface area (Å²) in [5.74, 6) is 1.36. The average Bonchev–Trinajstić information content (AvgIpc) is 3.29. The predicted octanol–water partition coefficient (Wildman–Crippen LogP) is 4.41. The van der Waals surface area contributed by atoms with Crippen molar-refractivity contribution in [1.29, 1.82) is 0 Å². The van der Waals surface area contributed by atoms with Crippen LogP contribution in [0.3, 0.4) is 0 Å². The monoisotopic (exact) mass is 397 g/mol. The highest BCUT2D eigenvalue weighted by Crippen LogP contribution is 2.49. The molecule has 6 heteroatoms. The molecule has 0 N–H and O–H groups in total. The Balaban J connectivity index is 1.30. The Hall–Kier alpha value is -3.54. The van der Waals surface area contributed by atoms with E-state index in [0.717, 1.165) is 11.4 Å². The van der Waals surface area contributed by atoms with Gasteiger partial charge in [0.1, 0.15) is 25.0 Å². The number of aryl methyl sites for hydroxylation is 1. The Morgan fingerprint density at radius 3 is 2.20 bits per heavy atom. The molecular formula is C24H23N5O. The molecule has 0 saturated heterocycles. The molecule has 0 unspecified atom stereocenters. The van der Waals surface area contributed by atoms with Crippen LogP contribution < -0.4 is 4.74 Å². The van der Waals surface area contributed by atoms with Gasteiger partial charge in [-0.25, -0.2) is 9.97 Å². The fourth-order valence-electron chi connectivity index (χ4n) is 4.07. The van der Waals surface area contributed by atoms with Gasteiger partial charge in [-0.15, -0.1) is 10.2 Å². The second kappa shape index (κ2) is 7.71. The molecule has 0 amide bonds. The lowest BCUT2D eigenvalue weighted by Gasteiger charge is -2.43. The second-order valence-corrected chi connectivity index (χ2v) is 7.83. The molecule has 0 radical (unpaired) electrons. The lowest BCUT2D eigenvalue weighted by Crippen LogP contribution is -2.35. The Kier molecular flexibility index (Phi) is 4.75. The van der Waals surface area contributed by atoms with Crippen molar-refractivity contribution in [3.63, 3.8) is 0 Å². The fraction of sp³-hybridized carbons (Fsp3) is 0.250. The highest BCUT2D eigenvalue weighted by molar-refractivity contribution is 5.44. The van der Waals surface area contributed by atoms with Crippen molar-refractivity contribution in [3.8, 4) is 11.7 Å². The van der Waals surface area contributed by atoms with Crippen LogP contribution in [-0.2, 0) is 12.0 Å². The molecular weight excluding hydrogens is 374 g/mol. The third-order valence-corrected chi connectivity index (χ3v) is 5.96. The van der Waals surface area contributed by atoms with Gasteiger partial charge in [0.25, 0.3) is 0 Å². The molecule has 0 aliphatic heterocycles. The largest absolute Gasteiger partial charge is 0.487 e. The molecule has 0 bridgehead atoms. The minimum atomic E-state index is 0.145. The molecule has 1 aliphatic carbocycles. The van der Waals surface area contributed by atoms with Gasteiger partial charge in [-0.3, -0.25) is 4.57 Å². The SMILES string of the molecule is Cc1ccc(C2(c3ccc(OCc4ccnc(-n5cnnc5)n4)cc3)CCC2)cc1. The topological polar surface area (TPSA) is 65.7 Å². The number of hydrogen-bond donors (Lipinski definition) is 0. The first-order valence-electron chi connectivity index (χ1n) is 10.2. The van der Waals surface area contributed by atoms with Gasteiger partial charge >= 0.3 is 0 Å². The Morgan fingerprint density at radius 1 is 0.900 bits per heavy atom. The zero-order valence-corrected chi connectivity index (χ0v) is 16.9. The molecule has 2 aromatic carbocycles. The van der Waals surface area contributed by atoms with Crippen LogP contribution in [0.4, 0.5) is 0 Å². The third kappa shape index (κ3) is 3.45. The lowest BCUT2D eigenvalue weighted by molar-refractivity contribution is 0.294. The van der Waals surface area contributed by atoms with E-state index in [1.807, 2.05) is 6.07 Å². The van der Waals surface area contributed by atoms with E-state index >= 15 is 0 Å². The van der Waals surface area contributed by atoms with Crippen LogP contribution in [0, 0.1) is 6.92 Å². The number of nitrogens with zero attached hydrogens (tertiary/aromatic N) is 5. The molecule has 6 nitrogen and oxygen atoms in total. The number of hydrogen-bond acceptors (Lipinski definition) is 5. The molecule has 30 heavy (non-hydrogen) atoms. The molecule has 0 spiro atoms. The second-order valence-electron chi connectivity index (χ2n) is 7.83. The number of rotatable bonds is 6. The lowest BCUT2D eigenvalue weighted by atomic mass is 9.60. The molecule has 150 valence electrons. The van der Waals surface area contributed by atoms with Crippen molar-refractivity contribution in [2.24, 2.45) is 0 Å². The van der Waals surface area contributed by atoms with E-state index in [4.69, 9.17) is 4.74 Å². The maximum absolute atomic E-state index is 5.97. The summed E-state index contributed by atoms with van der Waals surface area (Å²) in [5, 5.41) is 7.58. The molecule has 4 aromatic rings. The average molecular weight is 397 g/mol. The van der Waals surface area contributed by atoms with Crippen molar-refractivity contribution >= 4 is 0 Å². The van der Waals surface area contributed by atoms with Crippen LogP contribution in [0.15, 0.2) is 73.4 Å². The van der Waals surface area contributed by atoms with Crippen LogP contribution in [0.1, 0.15) is 41.6 Å². The van der Waals surface area contributed by atoms with Crippen molar-refractivity contribution in [2.45, 2.75) is 38.2 Å². The quantitative estimate of drug-likeness (QED) is 0.482. The standard InChI is InChI=1S/C24H23N5O/c1-18-3-5-19(6-4-18)24(12-2-13-24)20-7-9-22(10-8-20)30-15-21-11-14-25-23(28-21)29-16-26-27-17-29/h3-11,14,16-17H,2,12-13,15H2,1H3. The van der Waals surface area contributed by atoms with Crippen molar-refractivity contribution in [1.82, 2.24) is 24.7 Å². The van der Waals surface area contributed by atoms with E-state index in [1.54, 1.807) is 23.4 Å². The highest BCUT2D eigenvalue weighted by Gasteiger charge is 2.40. The summed E-state index contributed by atoms with van der Waals surface area (Å²) >= 11 is 0. The summed E-state index contributed by atoms with van der Waals surface area (Å²) in [4.78, 5) is 8.74. The van der Waals surface area contributed by atoms with Gasteiger partial charge < -0.3 is 4.74 Å². The maximum Gasteiger partial charge on any atom is 0.236 e. The van der Waals surface area contributed by atoms with Crippen LogP contribution in [0.2, 0.25) is 0 Å². The smallest absolute Gasteiger partial charge is 0.236 e. The van der Waals surface area contributed by atoms with E-state index < -0.39 is 0 Å². The van der Waals surface area contributed by atoms with Crippen LogP contribution in [0.5, 0.6) is 5.75 Å². The number of benzene rings is 2. The molecule has 1 fully saturated rings. The summed E-state index contributed by atoms with van der Waals surface area (Å²) in [6, 6.07) is 19.4. The molecule has 1 saturated carbocycles. The van der Waals surface area contributed by atoms with E-state index in [9.17, 15) is 0 Å². The number of aromatic nitrogens is 5. The fourth-order valence-corrected chi connectivity index (χ4v) is 4.07. The molecule has 2 heterocycles. The van der Waals surface area contributed by atoms with Gasteiger partial charge in [-0.2, -0.15) is 0 Å². The van der Waals surface area contributed by atoms with Gasteiger partial charge in [-0.05, 0) is 49.1 Å². The summed E-state index contributed by atoms with van der Waals surface area (Å²) in [6.45, 7) is 2.51. The normalized spacial score (nSPS) is 14.8. The molecule has 2 aromatic heterocycles. The van der Waals surface area contributed by atoms with E-state index in [-0.39, 0.29) is 5.41 Å². The zero-order chi connectivity index (χ0) is 20.4. The van der Waals surface area contributed by atoms with Crippen LogP contribution >= 0.6 is 0 Å². The first-order chi connectivity index (χ1) is 14.7. The van der Waals surface area contributed by atoms with E-state index in [1.165, 1.54) is 36.0 Å². The zero-order valence-electron chi connectivity index (χ0n) is 16.9. The Morgan fingerprint density at radius 2 is 1.57 bits per heavy atom.